The van der Waals surface area contributed by atoms with E-state index in [1.165, 1.54) is 0 Å². The summed E-state index contributed by atoms with van der Waals surface area (Å²) in [6.07, 6.45) is 1.94. The number of likely N-dealkylation sites (tertiary alicyclic amines) is 1. The van der Waals surface area contributed by atoms with Gasteiger partial charge in [-0.05, 0) is 62.1 Å². The summed E-state index contributed by atoms with van der Waals surface area (Å²) in [7, 11) is 3.29. The van der Waals surface area contributed by atoms with Gasteiger partial charge in [-0.15, -0.1) is 0 Å². The molecule has 1 aliphatic carbocycles. The Kier molecular flexibility index (Phi) is 9.89. The minimum atomic E-state index is -2.65. The van der Waals surface area contributed by atoms with Gasteiger partial charge in [-0.3, -0.25) is 9.47 Å². The molecular formula is C40H42F2N6O3. The Bertz CT molecular complexity index is 2060. The summed E-state index contributed by atoms with van der Waals surface area (Å²) < 4.78 is 47.7. The molecule has 7 rings (SSSR count). The van der Waals surface area contributed by atoms with Crippen molar-refractivity contribution in [3.8, 4) is 23.5 Å². The van der Waals surface area contributed by atoms with Crippen LogP contribution in [0.1, 0.15) is 59.0 Å². The second-order valence-electron chi connectivity index (χ2n) is 13.3. The van der Waals surface area contributed by atoms with Crippen LogP contribution in [0.2, 0.25) is 0 Å². The summed E-state index contributed by atoms with van der Waals surface area (Å²) in [6, 6.07) is 26.1. The van der Waals surface area contributed by atoms with Crippen LogP contribution in [0, 0.1) is 18.3 Å². The summed E-state index contributed by atoms with van der Waals surface area (Å²) in [5.74, 6) is 0.0472. The quantitative estimate of drug-likeness (QED) is 0.132. The normalized spacial score (nSPS) is 16.9. The first kappa shape index (κ1) is 34.4. The number of nitrogens with zero attached hydrogens (tertiary/aromatic N) is 6. The largest absolute Gasteiger partial charge is 0.497 e. The van der Waals surface area contributed by atoms with Crippen LogP contribution in [0.15, 0.2) is 72.8 Å². The molecule has 1 aliphatic heterocycles. The highest BCUT2D eigenvalue weighted by Gasteiger charge is 2.38. The van der Waals surface area contributed by atoms with E-state index in [1.807, 2.05) is 72.2 Å². The van der Waals surface area contributed by atoms with E-state index in [4.69, 9.17) is 24.2 Å². The number of nitriles is 1. The standard InChI is InChI=1S/C40H42F2N6O3/c1-27-21-33-29(23-43)11-7-13-34(33)48(27)39-44-37-32(12-8-14-35(37)51-20-19-46-18-17-40(41,42)26-46)38(45-39)47(24-28-9-5-4-6-10-28)25-30-15-16-31(49-2)22-36(30)50-3/h4-7,9-11,13,15-16,21-22,35H,8,12,14,17-20,24-26H2,1-3H3. The first-order chi connectivity index (χ1) is 24.8. The van der Waals surface area contributed by atoms with Gasteiger partial charge >= 0.3 is 0 Å². The molecule has 1 atom stereocenters. The first-order valence-corrected chi connectivity index (χ1v) is 17.4. The van der Waals surface area contributed by atoms with Crippen LogP contribution in [-0.2, 0) is 24.2 Å². The maximum atomic E-state index is 13.9. The van der Waals surface area contributed by atoms with Crippen LogP contribution in [0.25, 0.3) is 16.9 Å². The minimum absolute atomic E-state index is 0.118. The summed E-state index contributed by atoms with van der Waals surface area (Å²) >= 11 is 0. The van der Waals surface area contributed by atoms with Crippen molar-refractivity contribution >= 4 is 16.7 Å². The summed E-state index contributed by atoms with van der Waals surface area (Å²) in [5.41, 5.74) is 6.23. The van der Waals surface area contributed by atoms with Crippen molar-refractivity contribution in [3.05, 3.63) is 106 Å². The van der Waals surface area contributed by atoms with Crippen molar-refractivity contribution in [1.82, 2.24) is 19.4 Å². The Morgan fingerprint density at radius 3 is 2.59 bits per heavy atom. The predicted molar refractivity (Wildman–Crippen MR) is 192 cm³/mol. The number of hydrogen-bond donors (Lipinski definition) is 0. The number of aromatic nitrogens is 3. The van der Waals surface area contributed by atoms with E-state index in [9.17, 15) is 14.0 Å². The van der Waals surface area contributed by atoms with E-state index in [-0.39, 0.29) is 19.1 Å². The third-order valence-electron chi connectivity index (χ3n) is 9.90. The van der Waals surface area contributed by atoms with E-state index in [2.05, 4.69) is 23.1 Å². The lowest BCUT2D eigenvalue weighted by atomic mass is 9.93. The molecule has 264 valence electrons. The average Bonchev–Trinajstić information content (AvgIpc) is 3.68. The number of aryl methyl sites for hydroxylation is 1. The molecule has 1 saturated heterocycles. The molecule has 1 unspecified atom stereocenters. The lowest BCUT2D eigenvalue weighted by Gasteiger charge is -2.32. The lowest BCUT2D eigenvalue weighted by Crippen LogP contribution is -2.30. The molecule has 0 saturated carbocycles. The maximum absolute atomic E-state index is 13.9. The number of rotatable bonds is 12. The van der Waals surface area contributed by atoms with E-state index in [1.54, 1.807) is 19.1 Å². The van der Waals surface area contributed by atoms with Gasteiger partial charge in [0.05, 0.1) is 50.2 Å². The van der Waals surface area contributed by atoms with Crippen molar-refractivity contribution in [2.45, 2.75) is 57.7 Å². The third kappa shape index (κ3) is 7.25. The molecule has 2 aliphatic rings. The molecule has 0 spiro atoms. The van der Waals surface area contributed by atoms with Crippen LogP contribution >= 0.6 is 0 Å². The average molecular weight is 693 g/mol. The van der Waals surface area contributed by atoms with Crippen molar-refractivity contribution < 1.29 is 23.0 Å². The number of hydrogen-bond acceptors (Lipinski definition) is 8. The Hall–Kier alpha value is -5.05. The number of benzene rings is 3. The van der Waals surface area contributed by atoms with E-state index in [0.717, 1.165) is 64.1 Å². The highest BCUT2D eigenvalue weighted by Crippen LogP contribution is 2.39. The molecule has 51 heavy (non-hydrogen) atoms. The molecule has 0 bridgehead atoms. The number of fused-ring (bicyclic) bond motifs is 2. The second-order valence-corrected chi connectivity index (χ2v) is 13.3. The van der Waals surface area contributed by atoms with Gasteiger partial charge in [-0.2, -0.15) is 10.2 Å². The van der Waals surface area contributed by atoms with Gasteiger partial charge in [0.2, 0.25) is 5.95 Å². The van der Waals surface area contributed by atoms with Crippen LogP contribution < -0.4 is 14.4 Å². The molecule has 0 N–H and O–H groups in total. The summed E-state index contributed by atoms with van der Waals surface area (Å²) in [5, 5.41) is 10.7. The highest BCUT2D eigenvalue weighted by molar-refractivity contribution is 5.88. The van der Waals surface area contributed by atoms with Crippen molar-refractivity contribution in [1.29, 1.82) is 5.26 Å². The fourth-order valence-electron chi connectivity index (χ4n) is 7.35. The molecule has 0 radical (unpaired) electrons. The summed E-state index contributed by atoms with van der Waals surface area (Å²) in [4.78, 5) is 14.6. The molecule has 5 aromatic rings. The van der Waals surface area contributed by atoms with Crippen LogP contribution in [0.5, 0.6) is 11.5 Å². The topological polar surface area (TPSA) is 88.7 Å². The van der Waals surface area contributed by atoms with Crippen molar-refractivity contribution in [2.24, 2.45) is 0 Å². The molecule has 1 fully saturated rings. The number of ether oxygens (including phenoxy) is 3. The zero-order chi connectivity index (χ0) is 35.5. The monoisotopic (exact) mass is 692 g/mol. The fraction of sp³-hybridized carbons (Fsp3) is 0.375. The van der Waals surface area contributed by atoms with Crippen LogP contribution in [-0.4, -0.2) is 65.8 Å². The maximum Gasteiger partial charge on any atom is 0.261 e. The van der Waals surface area contributed by atoms with Crippen molar-refractivity contribution in [3.63, 3.8) is 0 Å². The third-order valence-corrected chi connectivity index (χ3v) is 9.90. The molecule has 9 nitrogen and oxygen atoms in total. The van der Waals surface area contributed by atoms with Gasteiger partial charge in [0.15, 0.2) is 0 Å². The SMILES string of the molecule is COc1ccc(CN(Cc2ccccc2)c2nc(-n3c(C)cc4c(C#N)cccc43)nc3c2CCCC3OCCN2CCC(F)(F)C2)c(OC)c1. The van der Waals surface area contributed by atoms with Gasteiger partial charge in [-0.25, -0.2) is 13.8 Å². The zero-order valence-corrected chi connectivity index (χ0v) is 29.2. The van der Waals surface area contributed by atoms with Gasteiger partial charge in [0.1, 0.15) is 23.4 Å². The Balaban J connectivity index is 1.35. The zero-order valence-electron chi connectivity index (χ0n) is 29.2. The van der Waals surface area contributed by atoms with Gasteiger partial charge in [-0.1, -0.05) is 36.4 Å². The fourth-order valence-corrected chi connectivity index (χ4v) is 7.35. The van der Waals surface area contributed by atoms with E-state index < -0.39 is 5.92 Å². The Morgan fingerprint density at radius 2 is 1.84 bits per heavy atom. The number of halogens is 2. The van der Waals surface area contributed by atoms with Gasteiger partial charge < -0.3 is 19.1 Å². The van der Waals surface area contributed by atoms with Crippen LogP contribution in [0.4, 0.5) is 14.6 Å². The highest BCUT2D eigenvalue weighted by atomic mass is 19.3. The minimum Gasteiger partial charge on any atom is -0.497 e. The van der Waals surface area contributed by atoms with Gasteiger partial charge in [0, 0.05) is 60.9 Å². The van der Waals surface area contributed by atoms with Gasteiger partial charge in [0.25, 0.3) is 5.92 Å². The Labute approximate surface area is 297 Å². The number of alkyl halides is 2. The second kappa shape index (κ2) is 14.7. The predicted octanol–water partition coefficient (Wildman–Crippen LogP) is 7.56. The smallest absolute Gasteiger partial charge is 0.261 e. The van der Waals surface area contributed by atoms with Crippen LogP contribution in [0.3, 0.4) is 0 Å². The Morgan fingerprint density at radius 1 is 1.00 bits per heavy atom. The number of methoxy groups -OCH3 is 2. The van der Waals surface area contributed by atoms with E-state index in [0.29, 0.717) is 55.8 Å². The lowest BCUT2D eigenvalue weighted by molar-refractivity contribution is 0.000130. The molecule has 3 aromatic carbocycles. The molecule has 0 amide bonds. The molecular weight excluding hydrogens is 650 g/mol. The summed E-state index contributed by atoms with van der Waals surface area (Å²) in [6.45, 7) is 3.93. The molecule has 11 heteroatoms. The van der Waals surface area contributed by atoms with Crippen molar-refractivity contribution in [2.75, 3.05) is 45.4 Å². The van der Waals surface area contributed by atoms with E-state index >= 15 is 0 Å². The molecule has 2 aromatic heterocycles. The number of anilines is 1. The first-order valence-electron chi connectivity index (χ1n) is 17.4. The molecule has 3 heterocycles.